The van der Waals surface area contributed by atoms with E-state index >= 15 is 0 Å². The predicted molar refractivity (Wildman–Crippen MR) is 238 cm³/mol. The summed E-state index contributed by atoms with van der Waals surface area (Å²) in [5, 5.41) is 44.3. The third-order valence-electron chi connectivity index (χ3n) is 9.64. The molecule has 33 heteroatoms. The fraction of sp³-hybridized carbons (Fsp3) is 0.0270. The lowest BCUT2D eigenvalue weighted by Gasteiger charge is -2.12. The Morgan fingerprint density at radius 2 is 1.04 bits per heavy atom. The molecular formula is C37H26N8O20S5. The Kier molecular flexibility index (Phi) is 12.9. The molecule has 6 aromatic carbocycles. The number of H-pyrrole nitrogens is 1. The first-order valence-electron chi connectivity index (χ1n) is 18.4. The number of carboxylic acids is 1. The van der Waals surface area contributed by atoms with Gasteiger partial charge in [0.05, 0.1) is 34.0 Å². The van der Waals surface area contributed by atoms with Gasteiger partial charge in [-0.3, -0.25) is 32.7 Å². The molecule has 364 valence electrons. The van der Waals surface area contributed by atoms with Crippen molar-refractivity contribution < 1.29 is 84.6 Å². The number of methoxy groups -OCH3 is 1. The molecule has 0 fully saturated rings. The number of nitrogens with one attached hydrogen (secondary N) is 1. The van der Waals surface area contributed by atoms with E-state index in [4.69, 9.17) is 4.74 Å². The van der Waals surface area contributed by atoms with E-state index in [0.717, 1.165) is 72.8 Å². The predicted octanol–water partition coefficient (Wildman–Crippen LogP) is 6.36. The van der Waals surface area contributed by atoms with Crippen LogP contribution in [0.25, 0.3) is 27.2 Å². The number of hydrogen-bond acceptors (Lipinski definition) is 20. The number of azo groups is 3. The van der Waals surface area contributed by atoms with E-state index < -0.39 is 126 Å². The minimum atomic E-state index is -5.59. The first-order chi connectivity index (χ1) is 32.5. The Bertz CT molecular complexity index is 4140. The molecule has 0 unspecified atom stereocenters. The number of hydrogen-bond donors (Lipinski definition) is 8. The minimum Gasteiger partial charge on any atom is -0.505 e. The van der Waals surface area contributed by atoms with Crippen molar-refractivity contribution in [1.82, 2.24) is 9.78 Å². The van der Waals surface area contributed by atoms with Crippen molar-refractivity contribution in [3.63, 3.8) is 0 Å². The van der Waals surface area contributed by atoms with E-state index in [-0.39, 0.29) is 39.3 Å². The smallest absolute Gasteiger partial charge is 0.356 e. The summed E-state index contributed by atoms with van der Waals surface area (Å²) in [5.74, 6) is -3.02. The molecule has 0 bridgehead atoms. The summed E-state index contributed by atoms with van der Waals surface area (Å²) in [6, 6.07) is 14.3. The van der Waals surface area contributed by atoms with Gasteiger partial charge in [0.25, 0.3) is 56.1 Å². The number of ether oxygens (including phenoxy) is 1. The van der Waals surface area contributed by atoms with Crippen LogP contribution in [0.1, 0.15) is 10.5 Å². The SMILES string of the molecule is COc1ccc(N=Nc2ccc(N=Nc3c(S(=O)(=O)O)cc4c(S(=O)(=O)O)c(N=Nc5c(C(=O)O)[nH]n(-c6ccc(S(=O)(=O)O)cc6)c5=O)ccc4c3O)c3cc(S(=O)(=O)O)ccc23)c(S(=O)(=O)O)c1. The van der Waals surface area contributed by atoms with Crippen LogP contribution in [0.2, 0.25) is 0 Å². The molecule has 7 aromatic rings. The van der Waals surface area contributed by atoms with Crippen molar-refractivity contribution in [2.24, 2.45) is 30.7 Å². The Labute approximate surface area is 391 Å². The van der Waals surface area contributed by atoms with Gasteiger partial charge in [0, 0.05) is 27.6 Å². The zero-order chi connectivity index (χ0) is 51.5. The number of nitrogens with zero attached hydrogens (tertiary/aromatic N) is 7. The van der Waals surface area contributed by atoms with Gasteiger partial charge in [0.2, 0.25) is 0 Å². The number of aromatic amines is 1. The Hall–Kier alpha value is -7.73. The average molecular weight is 1060 g/mol. The highest BCUT2D eigenvalue weighted by atomic mass is 32.2. The van der Waals surface area contributed by atoms with Crippen LogP contribution in [0.15, 0.2) is 151 Å². The van der Waals surface area contributed by atoms with Gasteiger partial charge >= 0.3 is 5.97 Å². The fourth-order valence-electron chi connectivity index (χ4n) is 6.50. The van der Waals surface area contributed by atoms with Crippen LogP contribution in [-0.2, 0) is 50.6 Å². The second-order valence-corrected chi connectivity index (χ2v) is 21.0. The highest BCUT2D eigenvalue weighted by Gasteiger charge is 2.29. The van der Waals surface area contributed by atoms with Crippen LogP contribution in [-0.4, -0.2) is 97.9 Å². The number of carbonyl (C=O) groups is 1. The van der Waals surface area contributed by atoms with Crippen molar-refractivity contribution >= 4 is 112 Å². The largest absolute Gasteiger partial charge is 0.505 e. The molecule has 0 aliphatic carbocycles. The highest BCUT2D eigenvalue weighted by molar-refractivity contribution is 7.87. The minimum absolute atomic E-state index is 0.0274. The van der Waals surface area contributed by atoms with Crippen LogP contribution >= 0.6 is 0 Å². The van der Waals surface area contributed by atoms with Crippen LogP contribution < -0.4 is 10.3 Å². The first kappa shape index (κ1) is 50.2. The quantitative estimate of drug-likeness (QED) is 0.0433. The number of phenolic OH excluding ortho intramolecular Hbond substituents is 1. The lowest BCUT2D eigenvalue weighted by Crippen LogP contribution is -2.14. The third kappa shape index (κ3) is 10.0. The zero-order valence-corrected chi connectivity index (χ0v) is 38.4. The summed E-state index contributed by atoms with van der Waals surface area (Å²) in [4.78, 5) is 20.7. The van der Waals surface area contributed by atoms with Gasteiger partial charge in [0.1, 0.15) is 37.5 Å². The summed E-state index contributed by atoms with van der Waals surface area (Å²) in [5.41, 5.74) is -6.27. The monoisotopic (exact) mass is 1060 g/mol. The van der Waals surface area contributed by atoms with Crippen LogP contribution in [0.3, 0.4) is 0 Å². The normalized spacial score (nSPS) is 13.1. The van der Waals surface area contributed by atoms with Crippen molar-refractivity contribution in [3.05, 3.63) is 107 Å². The lowest BCUT2D eigenvalue weighted by molar-refractivity contribution is 0.0690. The molecule has 0 aliphatic heterocycles. The molecule has 0 saturated carbocycles. The summed E-state index contributed by atoms with van der Waals surface area (Å²) in [6.07, 6.45) is 0. The second-order valence-electron chi connectivity index (χ2n) is 14.0. The molecule has 28 nitrogen and oxygen atoms in total. The molecule has 0 atom stereocenters. The maximum absolute atomic E-state index is 13.3. The molecule has 0 spiro atoms. The van der Waals surface area contributed by atoms with Gasteiger partial charge in [-0.05, 0) is 78.9 Å². The number of aromatic hydroxyl groups is 1. The average Bonchev–Trinajstić information content (AvgIpc) is 3.60. The van der Waals surface area contributed by atoms with Gasteiger partial charge in [-0.1, -0.05) is 6.07 Å². The van der Waals surface area contributed by atoms with Gasteiger partial charge < -0.3 is 14.9 Å². The molecule has 70 heavy (non-hydrogen) atoms. The van der Waals surface area contributed by atoms with E-state index in [1.54, 1.807) is 0 Å². The topological polar surface area (TPSA) is 451 Å². The summed E-state index contributed by atoms with van der Waals surface area (Å²) in [6.45, 7) is 0. The molecule has 1 aromatic heterocycles. The number of phenols is 1. The van der Waals surface area contributed by atoms with E-state index in [1.807, 2.05) is 0 Å². The van der Waals surface area contributed by atoms with Gasteiger partial charge in [-0.15, -0.1) is 30.7 Å². The van der Waals surface area contributed by atoms with Crippen LogP contribution in [0, 0.1) is 0 Å². The van der Waals surface area contributed by atoms with Crippen molar-refractivity contribution in [2.75, 3.05) is 7.11 Å². The Morgan fingerprint density at radius 3 is 1.61 bits per heavy atom. The van der Waals surface area contributed by atoms with E-state index in [2.05, 4.69) is 35.8 Å². The lowest BCUT2D eigenvalue weighted by atomic mass is 10.1. The van der Waals surface area contributed by atoms with Crippen molar-refractivity contribution in [2.45, 2.75) is 24.5 Å². The molecule has 7 rings (SSSR count). The molecule has 0 amide bonds. The van der Waals surface area contributed by atoms with E-state index in [1.165, 1.54) is 19.2 Å². The number of aromatic carboxylic acids is 1. The summed E-state index contributed by atoms with van der Waals surface area (Å²) >= 11 is 0. The van der Waals surface area contributed by atoms with Gasteiger partial charge in [-0.25, -0.2) is 9.48 Å². The maximum atomic E-state index is 13.3. The molecule has 0 aliphatic rings. The summed E-state index contributed by atoms with van der Waals surface area (Å²) in [7, 11) is -24.4. The highest BCUT2D eigenvalue weighted by Crippen LogP contribution is 2.46. The molecule has 0 saturated heterocycles. The molecule has 0 radical (unpaired) electrons. The Balaban J connectivity index is 1.36. The van der Waals surface area contributed by atoms with Crippen molar-refractivity contribution in [3.8, 4) is 17.2 Å². The summed E-state index contributed by atoms with van der Waals surface area (Å²) < 4.78 is 178. The number of carboxylic acid groups (broad SMARTS) is 1. The van der Waals surface area contributed by atoms with Crippen LogP contribution in [0.5, 0.6) is 11.5 Å². The maximum Gasteiger partial charge on any atom is 0.356 e. The van der Waals surface area contributed by atoms with E-state index in [9.17, 15) is 84.7 Å². The van der Waals surface area contributed by atoms with Crippen molar-refractivity contribution in [1.29, 1.82) is 0 Å². The molecular weight excluding hydrogens is 1040 g/mol. The van der Waals surface area contributed by atoms with E-state index in [0.29, 0.717) is 10.7 Å². The number of aromatic nitrogens is 2. The first-order valence-corrected chi connectivity index (χ1v) is 25.6. The zero-order valence-electron chi connectivity index (χ0n) is 34.3. The molecule has 1 heterocycles. The Morgan fingerprint density at radius 1 is 0.529 bits per heavy atom. The van der Waals surface area contributed by atoms with Crippen LogP contribution in [0.4, 0.5) is 34.1 Å². The number of rotatable bonds is 14. The number of benzene rings is 6. The standard InChI is InChI=1S/C37H26N8O20S5/c1-65-18-4-10-27(29(14-18)68(56,57)58)40-38-25-12-13-26(23-15-20(67(53,54)55)7-8-21(23)25)39-42-31-30(69(59,60)61)16-24-22(34(31)46)9-11-28(35(24)70(62,63)64)41-43-32-33(37(48)49)44-45(36(32)47)17-2-5-19(6-3-17)66(50,51)52/h2-16,44,46H,1H3,(H,48,49)(H,50,51,52)(H,53,54,55)(H,56,57,58)(H,59,60,61)(H,62,63,64). The van der Waals surface area contributed by atoms with Gasteiger partial charge in [0.15, 0.2) is 17.1 Å². The fourth-order valence-corrected chi connectivity index (χ4v) is 9.59. The molecule has 8 N–H and O–H groups in total. The third-order valence-corrected chi connectivity index (χ3v) is 14.1. The number of fused-ring (bicyclic) bond motifs is 2. The second kappa shape index (κ2) is 18.0. The van der Waals surface area contributed by atoms with Gasteiger partial charge in [-0.2, -0.15) is 42.1 Å².